The van der Waals surface area contributed by atoms with Crippen LogP contribution in [0.15, 0.2) is 16.9 Å². The van der Waals surface area contributed by atoms with Crippen molar-refractivity contribution in [3.8, 4) is 0 Å². The topological polar surface area (TPSA) is 80.4 Å². The smallest absolute Gasteiger partial charge is 0.240 e. The molecular formula is C16H24N6O2. The summed E-state index contributed by atoms with van der Waals surface area (Å²) in [6, 6.07) is 0. The van der Waals surface area contributed by atoms with Gasteiger partial charge in [0, 0.05) is 45.2 Å². The lowest BCUT2D eigenvalue weighted by Crippen LogP contribution is -2.46. The fraction of sp³-hybridized carbons (Fsp3) is 0.625. The number of rotatable bonds is 6. The summed E-state index contributed by atoms with van der Waals surface area (Å²) in [5.41, 5.74) is 1.07. The van der Waals surface area contributed by atoms with E-state index in [1.54, 1.807) is 0 Å². The van der Waals surface area contributed by atoms with Crippen LogP contribution in [0.25, 0.3) is 0 Å². The molecule has 8 heteroatoms. The average molecular weight is 332 g/mol. The average Bonchev–Trinajstić information content (AvgIpc) is 3.05. The van der Waals surface area contributed by atoms with Gasteiger partial charge in [-0.25, -0.2) is 9.97 Å². The van der Waals surface area contributed by atoms with E-state index in [1.807, 2.05) is 33.2 Å². The van der Waals surface area contributed by atoms with E-state index in [9.17, 15) is 0 Å². The van der Waals surface area contributed by atoms with Gasteiger partial charge in [-0.2, -0.15) is 4.98 Å². The molecule has 1 aliphatic heterocycles. The second-order valence-corrected chi connectivity index (χ2v) is 5.97. The number of nitrogens with zero attached hydrogens (tertiary/aromatic N) is 6. The van der Waals surface area contributed by atoms with E-state index in [-0.39, 0.29) is 6.10 Å². The number of piperazine rings is 1. The highest BCUT2D eigenvalue weighted by atomic mass is 16.5. The molecule has 0 aliphatic carbocycles. The first-order chi connectivity index (χ1) is 11.7. The summed E-state index contributed by atoms with van der Waals surface area (Å²) in [4.78, 5) is 17.7. The van der Waals surface area contributed by atoms with Gasteiger partial charge in [0.25, 0.3) is 0 Å². The van der Waals surface area contributed by atoms with Crippen molar-refractivity contribution in [2.45, 2.75) is 33.4 Å². The first-order valence-corrected chi connectivity index (χ1v) is 8.35. The Labute approximate surface area is 141 Å². The van der Waals surface area contributed by atoms with Gasteiger partial charge in [0.1, 0.15) is 6.10 Å². The molecule has 2 aromatic rings. The van der Waals surface area contributed by atoms with Gasteiger partial charge in [-0.1, -0.05) is 5.16 Å². The van der Waals surface area contributed by atoms with E-state index in [4.69, 9.17) is 9.26 Å². The molecule has 0 saturated carbocycles. The zero-order valence-electron chi connectivity index (χ0n) is 14.5. The van der Waals surface area contributed by atoms with Gasteiger partial charge >= 0.3 is 0 Å². The van der Waals surface area contributed by atoms with E-state index < -0.39 is 0 Å². The van der Waals surface area contributed by atoms with Gasteiger partial charge in [-0.05, 0) is 26.3 Å². The third-order valence-electron chi connectivity index (χ3n) is 4.05. The fourth-order valence-corrected chi connectivity index (χ4v) is 2.67. The predicted molar refractivity (Wildman–Crippen MR) is 88.6 cm³/mol. The number of aromatic nitrogens is 4. The van der Waals surface area contributed by atoms with Crippen LogP contribution in [-0.4, -0.2) is 57.8 Å². The maximum absolute atomic E-state index is 5.48. The Morgan fingerprint density at radius 3 is 2.58 bits per heavy atom. The summed E-state index contributed by atoms with van der Waals surface area (Å²) < 4.78 is 10.8. The molecular weight excluding hydrogens is 308 g/mol. The molecule has 0 aromatic carbocycles. The van der Waals surface area contributed by atoms with Crippen LogP contribution in [0.1, 0.15) is 37.2 Å². The quantitative estimate of drug-likeness (QED) is 0.789. The monoisotopic (exact) mass is 332 g/mol. The second kappa shape index (κ2) is 7.67. The molecule has 2 aromatic heterocycles. The van der Waals surface area contributed by atoms with Crippen molar-refractivity contribution in [2.24, 2.45) is 0 Å². The number of anilines is 1. The molecule has 8 nitrogen and oxygen atoms in total. The molecule has 1 unspecified atom stereocenters. The van der Waals surface area contributed by atoms with Crippen LogP contribution in [0.3, 0.4) is 0 Å². The minimum Gasteiger partial charge on any atom is -0.371 e. The van der Waals surface area contributed by atoms with Crippen LogP contribution in [0.4, 0.5) is 5.95 Å². The Morgan fingerprint density at radius 1 is 1.21 bits per heavy atom. The van der Waals surface area contributed by atoms with E-state index in [2.05, 4.69) is 29.9 Å². The molecule has 1 aliphatic rings. The molecule has 1 saturated heterocycles. The fourth-order valence-electron chi connectivity index (χ4n) is 2.67. The van der Waals surface area contributed by atoms with Crippen LogP contribution in [0.2, 0.25) is 0 Å². The minimum atomic E-state index is -0.136. The van der Waals surface area contributed by atoms with Crippen LogP contribution in [-0.2, 0) is 11.3 Å². The predicted octanol–water partition coefficient (Wildman–Crippen LogP) is 1.59. The van der Waals surface area contributed by atoms with E-state index in [1.165, 1.54) is 0 Å². The molecule has 0 amide bonds. The van der Waals surface area contributed by atoms with Crippen molar-refractivity contribution in [3.05, 3.63) is 29.7 Å². The van der Waals surface area contributed by atoms with E-state index in [0.717, 1.165) is 37.7 Å². The number of hydrogen-bond donors (Lipinski definition) is 0. The van der Waals surface area contributed by atoms with Crippen molar-refractivity contribution >= 4 is 5.95 Å². The zero-order chi connectivity index (χ0) is 16.9. The van der Waals surface area contributed by atoms with Gasteiger partial charge in [-0.15, -0.1) is 0 Å². The lowest BCUT2D eigenvalue weighted by molar-refractivity contribution is 0.0683. The molecule has 3 heterocycles. The highest BCUT2D eigenvalue weighted by Crippen LogP contribution is 2.15. The summed E-state index contributed by atoms with van der Waals surface area (Å²) in [6.45, 7) is 10.8. The SMILES string of the molecule is CCOC(C)c1noc(CN2CCN(c3ncc(C)cn3)CC2)n1. The van der Waals surface area contributed by atoms with Crippen LogP contribution in [0, 0.1) is 6.92 Å². The molecule has 1 atom stereocenters. The lowest BCUT2D eigenvalue weighted by Gasteiger charge is -2.33. The lowest BCUT2D eigenvalue weighted by atomic mass is 10.3. The first kappa shape index (κ1) is 16.8. The molecule has 1 fully saturated rings. The van der Waals surface area contributed by atoms with E-state index in [0.29, 0.717) is 24.9 Å². The molecule has 0 bridgehead atoms. The molecule has 0 N–H and O–H groups in total. The number of aryl methyl sites for hydroxylation is 1. The second-order valence-electron chi connectivity index (χ2n) is 5.97. The molecule has 0 spiro atoms. The molecule has 130 valence electrons. The van der Waals surface area contributed by atoms with Crippen molar-refractivity contribution < 1.29 is 9.26 Å². The van der Waals surface area contributed by atoms with Crippen LogP contribution in [0.5, 0.6) is 0 Å². The van der Waals surface area contributed by atoms with Crippen LogP contribution >= 0.6 is 0 Å². The van der Waals surface area contributed by atoms with Gasteiger partial charge in [-0.3, -0.25) is 4.90 Å². The maximum Gasteiger partial charge on any atom is 0.240 e. The van der Waals surface area contributed by atoms with Gasteiger partial charge in [0.2, 0.25) is 11.8 Å². The molecule has 24 heavy (non-hydrogen) atoms. The van der Waals surface area contributed by atoms with Crippen molar-refractivity contribution in [3.63, 3.8) is 0 Å². The number of hydrogen-bond acceptors (Lipinski definition) is 8. The zero-order valence-corrected chi connectivity index (χ0v) is 14.5. The largest absolute Gasteiger partial charge is 0.371 e. The Balaban J connectivity index is 1.51. The van der Waals surface area contributed by atoms with Crippen LogP contribution < -0.4 is 4.90 Å². The Bertz CT molecular complexity index is 636. The standard InChI is InChI=1S/C16H24N6O2/c1-4-23-13(3)15-19-14(24-20-15)11-21-5-7-22(8-6-21)16-17-9-12(2)10-18-16/h9-10,13H,4-8,11H2,1-3H3. The molecule has 3 rings (SSSR count). The summed E-state index contributed by atoms with van der Waals surface area (Å²) in [5, 5.41) is 4.00. The normalized spacial score (nSPS) is 17.2. The van der Waals surface area contributed by atoms with Crippen molar-refractivity contribution in [1.29, 1.82) is 0 Å². The Hall–Kier alpha value is -2.06. The van der Waals surface area contributed by atoms with Crippen molar-refractivity contribution in [2.75, 3.05) is 37.7 Å². The molecule has 0 radical (unpaired) electrons. The van der Waals surface area contributed by atoms with E-state index >= 15 is 0 Å². The highest BCUT2D eigenvalue weighted by molar-refractivity contribution is 5.30. The summed E-state index contributed by atoms with van der Waals surface area (Å²) in [5.74, 6) is 2.04. The van der Waals surface area contributed by atoms with Gasteiger partial charge in [0.15, 0.2) is 5.82 Å². The Morgan fingerprint density at radius 2 is 1.92 bits per heavy atom. The first-order valence-electron chi connectivity index (χ1n) is 8.35. The number of ether oxygens (including phenoxy) is 1. The summed E-state index contributed by atoms with van der Waals surface area (Å²) in [6.07, 6.45) is 3.57. The van der Waals surface area contributed by atoms with Crippen molar-refractivity contribution in [1.82, 2.24) is 25.0 Å². The third-order valence-corrected chi connectivity index (χ3v) is 4.05. The highest BCUT2D eigenvalue weighted by Gasteiger charge is 2.21. The summed E-state index contributed by atoms with van der Waals surface area (Å²) in [7, 11) is 0. The summed E-state index contributed by atoms with van der Waals surface area (Å²) >= 11 is 0. The van der Waals surface area contributed by atoms with Gasteiger partial charge in [0.05, 0.1) is 6.54 Å². The third kappa shape index (κ3) is 4.07. The van der Waals surface area contributed by atoms with Gasteiger partial charge < -0.3 is 14.2 Å². The minimum absolute atomic E-state index is 0.136. The maximum atomic E-state index is 5.48. The Kier molecular flexibility index (Phi) is 5.37.